The summed E-state index contributed by atoms with van der Waals surface area (Å²) in [6.45, 7) is 0. The van der Waals surface area contributed by atoms with Crippen LogP contribution in [0.2, 0.25) is 0 Å². The van der Waals surface area contributed by atoms with Crippen LogP contribution in [0.15, 0.2) is 23.2 Å². The van der Waals surface area contributed by atoms with E-state index in [-0.39, 0.29) is 18.4 Å². The Balaban J connectivity index is 0.00000324. The molecule has 0 spiro atoms. The van der Waals surface area contributed by atoms with Crippen molar-refractivity contribution in [2.75, 3.05) is 26.6 Å². The Labute approximate surface area is 117 Å². The summed E-state index contributed by atoms with van der Waals surface area (Å²) in [5.74, 6) is 1.31. The van der Waals surface area contributed by atoms with Gasteiger partial charge in [0.1, 0.15) is 17.2 Å². The lowest BCUT2D eigenvalue weighted by Crippen LogP contribution is -2.39. The Morgan fingerprint density at radius 1 is 1.26 bits per heavy atom. The molecule has 4 N–H and O–H groups in total. The van der Waals surface area contributed by atoms with Crippen molar-refractivity contribution < 1.29 is 14.3 Å². The number of halogens is 1. The minimum atomic E-state index is -0.711. The molecule has 0 atom stereocenters. The molecule has 1 aromatic carbocycles. The monoisotopic (exact) mass is 288 g/mol. The average Bonchev–Trinajstić information content (AvgIpc) is 2.37. The molecule has 0 saturated carbocycles. The first-order valence-electron chi connectivity index (χ1n) is 5.13. The molecule has 1 rings (SSSR count). The van der Waals surface area contributed by atoms with Crippen LogP contribution in [0.1, 0.15) is 0 Å². The standard InChI is InChI=1S/C11H16N4O3.ClH/c1-13-11(15-10(12)16)14-9-7(17-2)5-4-6-8(9)18-3;/h4-6H,1-3H3,(H4,12,13,14,15,16);1H. The molecule has 7 nitrogen and oxygen atoms in total. The normalized spacial score (nSPS) is 10.2. The minimum absolute atomic E-state index is 0. The number of carbonyl (C=O) groups is 1. The van der Waals surface area contributed by atoms with Gasteiger partial charge in [-0.1, -0.05) is 6.07 Å². The van der Waals surface area contributed by atoms with Crippen LogP contribution in [-0.2, 0) is 0 Å². The van der Waals surface area contributed by atoms with Gasteiger partial charge in [0, 0.05) is 7.05 Å². The van der Waals surface area contributed by atoms with Crippen molar-refractivity contribution >= 4 is 30.1 Å². The molecule has 0 aliphatic carbocycles. The number of methoxy groups -OCH3 is 2. The number of nitrogens with two attached hydrogens (primary N) is 1. The number of hydrogen-bond donors (Lipinski definition) is 3. The van der Waals surface area contributed by atoms with E-state index in [1.165, 1.54) is 21.3 Å². The summed E-state index contributed by atoms with van der Waals surface area (Å²) in [7, 11) is 4.58. The van der Waals surface area contributed by atoms with Gasteiger partial charge in [-0.05, 0) is 12.1 Å². The van der Waals surface area contributed by atoms with Gasteiger partial charge >= 0.3 is 6.03 Å². The third-order valence-corrected chi connectivity index (χ3v) is 2.14. The van der Waals surface area contributed by atoms with Crippen molar-refractivity contribution in [3.8, 4) is 11.5 Å². The number of anilines is 1. The van der Waals surface area contributed by atoms with Crippen molar-refractivity contribution in [1.29, 1.82) is 0 Å². The number of hydrogen-bond acceptors (Lipinski definition) is 4. The molecule has 2 amide bonds. The summed E-state index contributed by atoms with van der Waals surface area (Å²) in [6, 6.07) is 4.58. The van der Waals surface area contributed by atoms with E-state index in [2.05, 4.69) is 15.6 Å². The maximum atomic E-state index is 10.8. The number of aliphatic imine (C=N–C) groups is 1. The topological polar surface area (TPSA) is 98.0 Å². The maximum absolute atomic E-state index is 10.8. The molecular formula is C11H17ClN4O3. The molecule has 0 radical (unpaired) electrons. The van der Waals surface area contributed by atoms with Gasteiger partial charge in [0.25, 0.3) is 0 Å². The summed E-state index contributed by atoms with van der Waals surface area (Å²) in [5.41, 5.74) is 5.58. The van der Waals surface area contributed by atoms with Crippen LogP contribution < -0.4 is 25.8 Å². The summed E-state index contributed by atoms with van der Waals surface area (Å²) < 4.78 is 10.4. The van der Waals surface area contributed by atoms with Gasteiger partial charge in [-0.2, -0.15) is 0 Å². The highest BCUT2D eigenvalue weighted by atomic mass is 35.5. The number of nitrogens with zero attached hydrogens (tertiary/aromatic N) is 1. The maximum Gasteiger partial charge on any atom is 0.318 e. The van der Waals surface area contributed by atoms with Gasteiger partial charge in [0.05, 0.1) is 14.2 Å². The molecule has 1 aromatic rings. The molecule has 0 aliphatic rings. The number of primary amides is 1. The Bertz CT molecular complexity index is 443. The predicted octanol–water partition coefficient (Wildman–Crippen LogP) is 1.19. The van der Waals surface area contributed by atoms with E-state index in [4.69, 9.17) is 15.2 Å². The van der Waals surface area contributed by atoms with Crippen LogP contribution in [0, 0.1) is 0 Å². The lowest BCUT2D eigenvalue weighted by atomic mass is 10.2. The van der Waals surface area contributed by atoms with E-state index in [9.17, 15) is 4.79 Å². The molecule has 8 heteroatoms. The Hall–Kier alpha value is -2.15. The highest BCUT2D eigenvalue weighted by Crippen LogP contribution is 2.33. The number of ether oxygens (including phenoxy) is 2. The predicted molar refractivity (Wildman–Crippen MR) is 76.5 cm³/mol. The van der Waals surface area contributed by atoms with Crippen LogP contribution >= 0.6 is 12.4 Å². The highest BCUT2D eigenvalue weighted by molar-refractivity contribution is 6.04. The Morgan fingerprint density at radius 3 is 2.16 bits per heavy atom. The smallest absolute Gasteiger partial charge is 0.318 e. The summed E-state index contributed by atoms with van der Waals surface area (Å²) in [5, 5.41) is 5.23. The molecule has 0 aliphatic heterocycles. The zero-order chi connectivity index (χ0) is 13.5. The number of benzene rings is 1. The van der Waals surface area contributed by atoms with Gasteiger partial charge in [-0.3, -0.25) is 10.3 Å². The molecule has 0 heterocycles. The fraction of sp³-hybridized carbons (Fsp3) is 0.273. The van der Waals surface area contributed by atoms with Crippen LogP contribution in [0.4, 0.5) is 10.5 Å². The van der Waals surface area contributed by atoms with Crippen molar-refractivity contribution in [3.63, 3.8) is 0 Å². The van der Waals surface area contributed by atoms with Crippen LogP contribution in [0.25, 0.3) is 0 Å². The Morgan fingerprint density at radius 2 is 1.79 bits per heavy atom. The lowest BCUT2D eigenvalue weighted by molar-refractivity contribution is 0.253. The first-order valence-corrected chi connectivity index (χ1v) is 5.13. The molecule has 0 fully saturated rings. The minimum Gasteiger partial charge on any atom is -0.494 e. The first-order chi connectivity index (χ1) is 8.62. The third-order valence-electron chi connectivity index (χ3n) is 2.14. The van der Waals surface area contributed by atoms with Gasteiger partial charge < -0.3 is 20.5 Å². The molecule has 0 saturated heterocycles. The van der Waals surface area contributed by atoms with Crippen molar-refractivity contribution in [2.24, 2.45) is 10.7 Å². The molecule has 106 valence electrons. The van der Waals surface area contributed by atoms with Crippen LogP contribution in [-0.4, -0.2) is 33.3 Å². The van der Waals surface area contributed by atoms with E-state index >= 15 is 0 Å². The van der Waals surface area contributed by atoms with E-state index < -0.39 is 6.03 Å². The van der Waals surface area contributed by atoms with Gasteiger partial charge in [-0.25, -0.2) is 4.79 Å². The van der Waals surface area contributed by atoms with Gasteiger partial charge in [-0.15, -0.1) is 12.4 Å². The fourth-order valence-corrected chi connectivity index (χ4v) is 1.35. The van der Waals surface area contributed by atoms with Crippen molar-refractivity contribution in [1.82, 2.24) is 5.32 Å². The lowest BCUT2D eigenvalue weighted by Gasteiger charge is -2.15. The summed E-state index contributed by atoms with van der Waals surface area (Å²) in [6.07, 6.45) is 0. The van der Waals surface area contributed by atoms with Crippen LogP contribution in [0.3, 0.4) is 0 Å². The number of amides is 2. The first kappa shape index (κ1) is 16.9. The van der Waals surface area contributed by atoms with Crippen LogP contribution in [0.5, 0.6) is 11.5 Å². The number of para-hydroxylation sites is 1. The van der Waals surface area contributed by atoms with Gasteiger partial charge in [0.15, 0.2) is 0 Å². The average molecular weight is 289 g/mol. The SMILES string of the molecule is CN=C(NC(N)=O)Nc1c(OC)cccc1OC.Cl. The number of guanidine groups is 1. The fourth-order valence-electron chi connectivity index (χ4n) is 1.35. The molecule has 0 aromatic heterocycles. The van der Waals surface area contributed by atoms with E-state index in [0.29, 0.717) is 17.2 Å². The molecule has 0 unspecified atom stereocenters. The van der Waals surface area contributed by atoms with Gasteiger partial charge in [0.2, 0.25) is 5.96 Å². The van der Waals surface area contributed by atoms with Crippen molar-refractivity contribution in [3.05, 3.63) is 18.2 Å². The summed E-state index contributed by atoms with van der Waals surface area (Å²) in [4.78, 5) is 14.7. The molecular weight excluding hydrogens is 272 g/mol. The van der Waals surface area contributed by atoms with E-state index in [1.54, 1.807) is 18.2 Å². The number of urea groups is 1. The second-order valence-corrected chi connectivity index (χ2v) is 3.22. The number of carbonyl (C=O) groups excluding carboxylic acids is 1. The summed E-state index contributed by atoms with van der Waals surface area (Å²) >= 11 is 0. The zero-order valence-corrected chi connectivity index (χ0v) is 11.7. The Kier molecular flexibility index (Phi) is 7.13. The molecule has 0 bridgehead atoms. The molecule has 19 heavy (non-hydrogen) atoms. The van der Waals surface area contributed by atoms with E-state index in [1.807, 2.05) is 0 Å². The quantitative estimate of drug-likeness (QED) is 0.575. The second-order valence-electron chi connectivity index (χ2n) is 3.22. The number of rotatable bonds is 3. The van der Waals surface area contributed by atoms with Crippen molar-refractivity contribution in [2.45, 2.75) is 0 Å². The number of nitrogens with one attached hydrogen (secondary N) is 2. The van der Waals surface area contributed by atoms with E-state index in [0.717, 1.165) is 0 Å². The third kappa shape index (κ3) is 4.55. The zero-order valence-electron chi connectivity index (χ0n) is 10.9. The largest absolute Gasteiger partial charge is 0.494 e. The second kappa shape index (κ2) is 8.04. The highest BCUT2D eigenvalue weighted by Gasteiger charge is 2.12.